The molecule has 0 bridgehead atoms. The van der Waals surface area contributed by atoms with E-state index in [4.69, 9.17) is 4.52 Å². The van der Waals surface area contributed by atoms with Crippen molar-refractivity contribution in [3.05, 3.63) is 51.8 Å². The molecule has 0 fully saturated rings. The number of hydrogen-bond acceptors (Lipinski definition) is 5. The summed E-state index contributed by atoms with van der Waals surface area (Å²) >= 11 is 0. The number of aliphatic hydroxyl groups excluding tert-OH is 1. The van der Waals surface area contributed by atoms with E-state index in [1.54, 1.807) is 32.2 Å². The van der Waals surface area contributed by atoms with Crippen LogP contribution < -0.4 is 10.9 Å². The Balaban J connectivity index is 1.84. The zero-order valence-corrected chi connectivity index (χ0v) is 12.6. The number of nitrogens with zero attached hydrogens (tertiary/aromatic N) is 2. The Morgan fingerprint density at radius 1 is 1.45 bits per heavy atom. The lowest BCUT2D eigenvalue weighted by Crippen LogP contribution is -2.37. The van der Waals surface area contributed by atoms with Gasteiger partial charge in [0.1, 0.15) is 5.76 Å². The molecule has 0 spiro atoms. The first-order chi connectivity index (χ1) is 10.5. The number of aromatic nitrogens is 2. The third-order valence-corrected chi connectivity index (χ3v) is 3.36. The van der Waals surface area contributed by atoms with Crippen LogP contribution in [-0.4, -0.2) is 33.4 Å². The maximum atomic E-state index is 11.9. The molecule has 0 unspecified atom stereocenters. The van der Waals surface area contributed by atoms with Gasteiger partial charge in [-0.3, -0.25) is 9.59 Å². The Kier molecular flexibility index (Phi) is 5.11. The van der Waals surface area contributed by atoms with Crippen molar-refractivity contribution in [3.8, 4) is 0 Å². The highest BCUT2D eigenvalue weighted by Gasteiger charge is 2.14. The van der Waals surface area contributed by atoms with E-state index in [0.717, 1.165) is 5.56 Å². The molecule has 2 heterocycles. The summed E-state index contributed by atoms with van der Waals surface area (Å²) in [7, 11) is 0. The largest absolute Gasteiger partial charge is 0.389 e. The minimum Gasteiger partial charge on any atom is -0.389 e. The Morgan fingerprint density at radius 2 is 2.23 bits per heavy atom. The molecule has 1 amide bonds. The third kappa shape index (κ3) is 4.05. The molecule has 7 nitrogen and oxygen atoms in total. The molecular weight excluding hydrogens is 286 g/mol. The number of carbonyl (C=O) groups is 1. The second-order valence-electron chi connectivity index (χ2n) is 5.13. The minimum atomic E-state index is -0.839. The minimum absolute atomic E-state index is 0.0730. The number of pyridine rings is 1. The van der Waals surface area contributed by atoms with Crippen LogP contribution in [0.5, 0.6) is 0 Å². The second-order valence-corrected chi connectivity index (χ2v) is 5.13. The van der Waals surface area contributed by atoms with Gasteiger partial charge in [-0.2, -0.15) is 0 Å². The van der Waals surface area contributed by atoms with Crippen LogP contribution in [0.2, 0.25) is 0 Å². The van der Waals surface area contributed by atoms with Gasteiger partial charge in [0.05, 0.1) is 24.8 Å². The molecule has 0 saturated heterocycles. The first kappa shape index (κ1) is 16.0. The van der Waals surface area contributed by atoms with Gasteiger partial charge in [-0.25, -0.2) is 0 Å². The first-order valence-electron chi connectivity index (χ1n) is 6.99. The van der Waals surface area contributed by atoms with Gasteiger partial charge in [0.2, 0.25) is 5.91 Å². The van der Waals surface area contributed by atoms with E-state index < -0.39 is 6.10 Å². The van der Waals surface area contributed by atoms with Crippen molar-refractivity contribution in [2.24, 2.45) is 0 Å². The predicted molar refractivity (Wildman–Crippen MR) is 79.4 cm³/mol. The van der Waals surface area contributed by atoms with Crippen molar-refractivity contribution in [1.29, 1.82) is 0 Å². The molecule has 7 heteroatoms. The van der Waals surface area contributed by atoms with Crippen LogP contribution in [0, 0.1) is 13.8 Å². The van der Waals surface area contributed by atoms with Crippen molar-refractivity contribution < 1.29 is 14.4 Å². The molecule has 2 aromatic rings. The number of aryl methyl sites for hydroxylation is 2. The number of amides is 1. The van der Waals surface area contributed by atoms with Crippen LogP contribution in [0.1, 0.15) is 17.0 Å². The van der Waals surface area contributed by atoms with E-state index in [0.29, 0.717) is 11.5 Å². The number of rotatable bonds is 6. The second kappa shape index (κ2) is 7.04. The topological polar surface area (TPSA) is 97.4 Å². The molecule has 2 rings (SSSR count). The van der Waals surface area contributed by atoms with E-state index in [2.05, 4.69) is 10.5 Å². The average molecular weight is 305 g/mol. The van der Waals surface area contributed by atoms with Gasteiger partial charge in [0.15, 0.2) is 0 Å². The van der Waals surface area contributed by atoms with Crippen LogP contribution in [0.15, 0.2) is 33.7 Å². The molecule has 118 valence electrons. The SMILES string of the molecule is Cc1noc(C)c1CC(=O)NC[C@H](O)Cn1ccccc1=O. The maximum absolute atomic E-state index is 11.9. The zero-order chi connectivity index (χ0) is 16.1. The Morgan fingerprint density at radius 3 is 2.86 bits per heavy atom. The van der Waals surface area contributed by atoms with Crippen molar-refractivity contribution in [1.82, 2.24) is 15.0 Å². The predicted octanol–water partition coefficient (Wildman–Crippen LogP) is 0.173. The van der Waals surface area contributed by atoms with Gasteiger partial charge < -0.3 is 19.5 Å². The summed E-state index contributed by atoms with van der Waals surface area (Å²) in [5.74, 6) is 0.387. The van der Waals surface area contributed by atoms with Gasteiger partial charge >= 0.3 is 0 Å². The highest BCUT2D eigenvalue weighted by molar-refractivity contribution is 5.79. The monoisotopic (exact) mass is 305 g/mol. The zero-order valence-electron chi connectivity index (χ0n) is 12.6. The summed E-state index contributed by atoms with van der Waals surface area (Å²) in [5.41, 5.74) is 1.25. The number of nitrogens with one attached hydrogen (secondary N) is 1. The van der Waals surface area contributed by atoms with Crippen molar-refractivity contribution in [3.63, 3.8) is 0 Å². The molecule has 0 aliphatic rings. The van der Waals surface area contributed by atoms with E-state index in [1.807, 2.05) is 0 Å². The van der Waals surface area contributed by atoms with Crippen LogP contribution >= 0.6 is 0 Å². The molecule has 0 aliphatic heterocycles. The maximum Gasteiger partial charge on any atom is 0.250 e. The summed E-state index contributed by atoms with van der Waals surface area (Å²) in [4.78, 5) is 23.4. The lowest BCUT2D eigenvalue weighted by molar-refractivity contribution is -0.121. The summed E-state index contributed by atoms with van der Waals surface area (Å²) in [6.07, 6.45) is 0.907. The molecule has 0 aliphatic carbocycles. The van der Waals surface area contributed by atoms with Gasteiger partial charge in [-0.15, -0.1) is 0 Å². The first-order valence-corrected chi connectivity index (χ1v) is 6.99. The van der Waals surface area contributed by atoms with Crippen LogP contribution in [0.25, 0.3) is 0 Å². The molecule has 1 atom stereocenters. The van der Waals surface area contributed by atoms with Crippen LogP contribution in [0.4, 0.5) is 0 Å². The Hall–Kier alpha value is -2.41. The summed E-state index contributed by atoms with van der Waals surface area (Å²) < 4.78 is 6.39. The molecule has 2 aromatic heterocycles. The van der Waals surface area contributed by atoms with Crippen LogP contribution in [0.3, 0.4) is 0 Å². The molecule has 0 aromatic carbocycles. The fraction of sp³-hybridized carbons (Fsp3) is 0.400. The van der Waals surface area contributed by atoms with E-state index >= 15 is 0 Å². The van der Waals surface area contributed by atoms with Crippen molar-refractivity contribution in [2.75, 3.05) is 6.54 Å². The third-order valence-electron chi connectivity index (χ3n) is 3.36. The molecule has 22 heavy (non-hydrogen) atoms. The standard InChI is InChI=1S/C15H19N3O4/c1-10-13(11(2)22-17-10)7-14(20)16-8-12(19)9-18-6-4-3-5-15(18)21/h3-6,12,19H,7-9H2,1-2H3,(H,16,20)/t12-/m0/s1. The normalized spacial score (nSPS) is 12.1. The van der Waals surface area contributed by atoms with Crippen LogP contribution in [-0.2, 0) is 17.8 Å². The number of hydrogen-bond donors (Lipinski definition) is 2. The summed E-state index contributed by atoms with van der Waals surface area (Å²) in [5, 5.41) is 16.3. The summed E-state index contributed by atoms with van der Waals surface area (Å²) in [6.45, 7) is 3.73. The van der Waals surface area contributed by atoms with Gasteiger partial charge in [0, 0.05) is 24.4 Å². The lowest BCUT2D eigenvalue weighted by Gasteiger charge is -2.13. The molecule has 2 N–H and O–H groups in total. The quantitative estimate of drug-likeness (QED) is 0.793. The summed E-state index contributed by atoms with van der Waals surface area (Å²) in [6, 6.07) is 4.77. The van der Waals surface area contributed by atoms with Gasteiger partial charge in [0.25, 0.3) is 5.56 Å². The van der Waals surface area contributed by atoms with E-state index in [1.165, 1.54) is 10.6 Å². The van der Waals surface area contributed by atoms with E-state index in [-0.39, 0.29) is 31.0 Å². The Labute approximate surface area is 127 Å². The molecular formula is C15H19N3O4. The van der Waals surface area contributed by atoms with E-state index in [9.17, 15) is 14.7 Å². The highest BCUT2D eigenvalue weighted by atomic mass is 16.5. The van der Waals surface area contributed by atoms with Gasteiger partial charge in [-0.05, 0) is 19.9 Å². The fourth-order valence-corrected chi connectivity index (χ4v) is 2.11. The van der Waals surface area contributed by atoms with Crippen molar-refractivity contribution in [2.45, 2.75) is 32.9 Å². The number of carbonyl (C=O) groups excluding carboxylic acids is 1. The van der Waals surface area contributed by atoms with Gasteiger partial charge in [-0.1, -0.05) is 11.2 Å². The van der Waals surface area contributed by atoms with Crippen molar-refractivity contribution >= 4 is 5.91 Å². The lowest BCUT2D eigenvalue weighted by atomic mass is 10.1. The number of aliphatic hydroxyl groups is 1. The Bertz CT molecular complexity index is 685. The average Bonchev–Trinajstić information content (AvgIpc) is 2.79. The molecule has 0 saturated carbocycles. The smallest absolute Gasteiger partial charge is 0.250 e. The highest BCUT2D eigenvalue weighted by Crippen LogP contribution is 2.12. The fourth-order valence-electron chi connectivity index (χ4n) is 2.11. The molecule has 0 radical (unpaired) electrons.